The topological polar surface area (TPSA) is 84.9 Å². The Morgan fingerprint density at radius 1 is 0.917 bits per heavy atom. The monoisotopic (exact) mass is 381 g/mol. The molecule has 0 aromatic heterocycles. The second-order valence-electron chi connectivity index (χ2n) is 5.51. The molecule has 2 N–H and O–H groups in total. The zero-order valence-electron chi connectivity index (χ0n) is 15.3. The molecule has 8 heteroatoms. The lowest BCUT2D eigenvalue weighted by Gasteiger charge is -2.22. The average molecular weight is 382 g/mol. The molecule has 0 bridgehead atoms. The van der Waals surface area contributed by atoms with Gasteiger partial charge in [-0.05, 0) is 38.3 Å². The van der Waals surface area contributed by atoms with Crippen molar-refractivity contribution < 1.29 is 24.2 Å². The fourth-order valence-electron chi connectivity index (χ4n) is 2.91. The zero-order valence-corrected chi connectivity index (χ0v) is 17.0. The van der Waals surface area contributed by atoms with E-state index in [0.717, 1.165) is 52.3 Å². The summed E-state index contributed by atoms with van der Waals surface area (Å²) < 4.78 is 8.99. The number of hydrogen-bond acceptors (Lipinski definition) is 8. The first-order valence-electron chi connectivity index (χ1n) is 7.93. The highest BCUT2D eigenvalue weighted by molar-refractivity contribution is 8.01. The van der Waals surface area contributed by atoms with Gasteiger partial charge in [0.1, 0.15) is 9.49 Å². The van der Waals surface area contributed by atoms with Gasteiger partial charge in [0.15, 0.2) is 0 Å². The molecular formula is C16H31NO5S2. The summed E-state index contributed by atoms with van der Waals surface area (Å²) in [6.07, 6.45) is 9.11. The van der Waals surface area contributed by atoms with Crippen LogP contribution in [0.3, 0.4) is 0 Å². The number of carbonyl (C=O) groups excluding carboxylic acids is 2. The summed E-state index contributed by atoms with van der Waals surface area (Å²) in [5.41, 5.74) is 0. The molecule has 1 aliphatic heterocycles. The van der Waals surface area contributed by atoms with Crippen LogP contribution in [-0.4, -0.2) is 73.5 Å². The Bertz CT molecular complexity index is 345. The molecule has 0 amide bonds. The number of esters is 2. The van der Waals surface area contributed by atoms with Gasteiger partial charge in [0.25, 0.3) is 0 Å². The first-order chi connectivity index (χ1) is 11.5. The Morgan fingerprint density at radius 2 is 1.38 bits per heavy atom. The van der Waals surface area contributed by atoms with Crippen molar-refractivity contribution in [3.63, 3.8) is 0 Å². The van der Waals surface area contributed by atoms with E-state index in [9.17, 15) is 9.59 Å². The van der Waals surface area contributed by atoms with E-state index in [0.29, 0.717) is 0 Å². The molecule has 1 atom stereocenters. The standard InChI is InChI=1S/C8H14O2S.C7H13NO2S.CH4O/c1-10-7(9)8(11-2)5-3-4-6-8;1-10-6(9)7(11-2)3-4-8-5-7;1-2/h3-6H2,1-2H3;8H,3-5H2,1-2H3;2H,1H3. The highest BCUT2D eigenvalue weighted by Gasteiger charge is 2.42. The third kappa shape index (κ3) is 5.82. The SMILES string of the molecule is CO.COC(=O)C1(SC)CCCC1.COC(=O)C1(SC)CCNC1. The van der Waals surface area contributed by atoms with Gasteiger partial charge in [-0.25, -0.2) is 0 Å². The van der Waals surface area contributed by atoms with Gasteiger partial charge in [-0.15, -0.1) is 23.5 Å². The lowest BCUT2D eigenvalue weighted by atomic mass is 10.1. The normalized spacial score (nSPS) is 24.1. The molecule has 2 rings (SSSR count). The van der Waals surface area contributed by atoms with Crippen LogP contribution in [0.4, 0.5) is 0 Å². The Hall–Kier alpha value is -0.440. The maximum Gasteiger partial charge on any atom is 0.323 e. The number of nitrogens with one attached hydrogen (secondary N) is 1. The van der Waals surface area contributed by atoms with Crippen LogP contribution >= 0.6 is 23.5 Å². The van der Waals surface area contributed by atoms with Gasteiger partial charge in [-0.1, -0.05) is 12.8 Å². The van der Waals surface area contributed by atoms with E-state index in [4.69, 9.17) is 14.6 Å². The number of rotatable bonds is 4. The van der Waals surface area contributed by atoms with Gasteiger partial charge in [0.05, 0.1) is 14.2 Å². The van der Waals surface area contributed by atoms with Crippen molar-refractivity contribution in [3.05, 3.63) is 0 Å². The molecule has 1 saturated carbocycles. The summed E-state index contributed by atoms with van der Waals surface area (Å²) >= 11 is 3.21. The molecule has 0 aromatic rings. The molecule has 0 radical (unpaired) electrons. The molecule has 1 aliphatic carbocycles. The predicted molar refractivity (Wildman–Crippen MR) is 101 cm³/mol. The van der Waals surface area contributed by atoms with E-state index in [1.54, 1.807) is 23.5 Å². The Morgan fingerprint density at radius 3 is 1.71 bits per heavy atom. The molecule has 24 heavy (non-hydrogen) atoms. The first kappa shape index (κ1) is 23.6. The van der Waals surface area contributed by atoms with Crippen molar-refractivity contribution in [2.45, 2.75) is 41.6 Å². The van der Waals surface area contributed by atoms with Crippen LogP contribution in [0.1, 0.15) is 32.1 Å². The quantitative estimate of drug-likeness (QED) is 0.712. The van der Waals surface area contributed by atoms with Crippen LogP contribution < -0.4 is 5.32 Å². The van der Waals surface area contributed by atoms with Gasteiger partial charge >= 0.3 is 11.9 Å². The Kier molecular flexibility index (Phi) is 11.8. The van der Waals surface area contributed by atoms with E-state index >= 15 is 0 Å². The predicted octanol–water partition coefficient (Wildman–Crippen LogP) is 1.70. The summed E-state index contributed by atoms with van der Waals surface area (Å²) in [4.78, 5) is 22.6. The van der Waals surface area contributed by atoms with E-state index in [-0.39, 0.29) is 21.4 Å². The van der Waals surface area contributed by atoms with Crippen LogP contribution in [0.5, 0.6) is 0 Å². The van der Waals surface area contributed by atoms with Gasteiger partial charge in [-0.2, -0.15) is 0 Å². The lowest BCUT2D eigenvalue weighted by molar-refractivity contribution is -0.144. The number of aliphatic hydroxyl groups excluding tert-OH is 1. The Balaban J connectivity index is 0.000000400. The van der Waals surface area contributed by atoms with E-state index in [1.165, 1.54) is 14.2 Å². The molecule has 2 aliphatic rings. The summed E-state index contributed by atoms with van der Waals surface area (Å²) in [6.45, 7) is 1.65. The molecule has 0 aromatic carbocycles. The number of aliphatic hydroxyl groups is 1. The van der Waals surface area contributed by atoms with Crippen molar-refractivity contribution in [1.29, 1.82) is 0 Å². The van der Waals surface area contributed by atoms with Crippen LogP contribution in [0, 0.1) is 0 Å². The highest BCUT2D eigenvalue weighted by atomic mass is 32.2. The second kappa shape index (κ2) is 12.0. The van der Waals surface area contributed by atoms with Crippen molar-refractivity contribution in [2.75, 3.05) is 46.9 Å². The summed E-state index contributed by atoms with van der Waals surface area (Å²) in [7, 11) is 3.91. The average Bonchev–Trinajstić information content (AvgIpc) is 3.33. The second-order valence-corrected chi connectivity index (χ2v) is 7.89. The molecule has 1 saturated heterocycles. The molecular weight excluding hydrogens is 350 g/mol. The minimum Gasteiger partial charge on any atom is -0.468 e. The smallest absolute Gasteiger partial charge is 0.323 e. The van der Waals surface area contributed by atoms with Crippen LogP contribution in [-0.2, 0) is 19.1 Å². The van der Waals surface area contributed by atoms with E-state index in [1.807, 2.05) is 12.5 Å². The fourth-order valence-corrected chi connectivity index (χ4v) is 4.66. The van der Waals surface area contributed by atoms with Crippen molar-refractivity contribution in [2.24, 2.45) is 0 Å². The van der Waals surface area contributed by atoms with Crippen molar-refractivity contribution in [3.8, 4) is 0 Å². The van der Waals surface area contributed by atoms with Gasteiger partial charge in [0, 0.05) is 13.7 Å². The number of hydrogen-bond donors (Lipinski definition) is 2. The van der Waals surface area contributed by atoms with Gasteiger partial charge in [-0.3, -0.25) is 9.59 Å². The van der Waals surface area contributed by atoms with Gasteiger partial charge < -0.3 is 19.9 Å². The third-order valence-electron chi connectivity index (χ3n) is 4.42. The largest absolute Gasteiger partial charge is 0.468 e. The number of thioether (sulfide) groups is 2. The van der Waals surface area contributed by atoms with Crippen LogP contribution in [0.15, 0.2) is 0 Å². The maximum atomic E-state index is 11.3. The fraction of sp³-hybridized carbons (Fsp3) is 0.875. The summed E-state index contributed by atoms with van der Waals surface area (Å²) in [5.74, 6) is -0.141. The van der Waals surface area contributed by atoms with Crippen LogP contribution in [0.2, 0.25) is 0 Å². The summed E-state index contributed by atoms with van der Waals surface area (Å²) in [6, 6.07) is 0. The summed E-state index contributed by atoms with van der Waals surface area (Å²) in [5, 5.41) is 10.2. The molecule has 1 heterocycles. The molecule has 142 valence electrons. The molecule has 0 spiro atoms. The number of methoxy groups -OCH3 is 2. The van der Waals surface area contributed by atoms with Crippen LogP contribution in [0.25, 0.3) is 0 Å². The molecule has 6 nitrogen and oxygen atoms in total. The lowest BCUT2D eigenvalue weighted by Crippen LogP contribution is -2.38. The van der Waals surface area contributed by atoms with E-state index in [2.05, 4.69) is 5.32 Å². The Labute approximate surface area is 153 Å². The van der Waals surface area contributed by atoms with Gasteiger partial charge in [0.2, 0.25) is 0 Å². The number of ether oxygens (including phenoxy) is 2. The van der Waals surface area contributed by atoms with Crippen molar-refractivity contribution in [1.82, 2.24) is 5.32 Å². The minimum absolute atomic E-state index is 0.0394. The first-order valence-corrected chi connectivity index (χ1v) is 10.4. The van der Waals surface area contributed by atoms with E-state index < -0.39 is 0 Å². The molecule has 2 fully saturated rings. The maximum absolute atomic E-state index is 11.3. The minimum atomic E-state index is -0.311. The van der Waals surface area contributed by atoms with Crippen molar-refractivity contribution >= 4 is 35.5 Å². The molecule has 1 unspecified atom stereocenters. The number of carbonyl (C=O) groups is 2. The third-order valence-corrected chi connectivity index (χ3v) is 7.08. The zero-order chi connectivity index (χ0) is 18.6. The highest BCUT2D eigenvalue weighted by Crippen LogP contribution is 2.40.